The van der Waals surface area contributed by atoms with Gasteiger partial charge in [0.25, 0.3) is 0 Å². The zero-order valence-corrected chi connectivity index (χ0v) is 11.6. The maximum Gasteiger partial charge on any atom is 0.0492 e. The van der Waals surface area contributed by atoms with Crippen LogP contribution in [-0.2, 0) is 5.41 Å². The average molecular weight is 266 g/mol. The zero-order chi connectivity index (χ0) is 12.5. The van der Waals surface area contributed by atoms with E-state index in [1.165, 1.54) is 10.4 Å². The van der Waals surface area contributed by atoms with Gasteiger partial charge in [-0.1, -0.05) is 43.6 Å². The number of hydrogen-bond donors (Lipinski definition) is 1. The Labute approximate surface area is 111 Å². The van der Waals surface area contributed by atoms with Gasteiger partial charge in [-0.2, -0.15) is 0 Å². The van der Waals surface area contributed by atoms with Crippen molar-refractivity contribution in [1.29, 1.82) is 0 Å². The summed E-state index contributed by atoms with van der Waals surface area (Å²) in [6.07, 6.45) is 0. The molecule has 0 amide bonds. The maximum atomic E-state index is 6.20. The van der Waals surface area contributed by atoms with Crippen LogP contribution >= 0.6 is 22.9 Å². The molecule has 2 aromatic rings. The summed E-state index contributed by atoms with van der Waals surface area (Å²) in [7, 11) is 0. The lowest BCUT2D eigenvalue weighted by molar-refractivity contribution is 0.541. The van der Waals surface area contributed by atoms with Crippen LogP contribution in [0.15, 0.2) is 35.7 Å². The number of nitrogens with two attached hydrogens (primary N) is 1. The molecular weight excluding hydrogens is 250 g/mol. The summed E-state index contributed by atoms with van der Waals surface area (Å²) in [5.74, 6) is 0. The fourth-order valence-corrected chi connectivity index (χ4v) is 3.05. The number of thiophene rings is 1. The van der Waals surface area contributed by atoms with Gasteiger partial charge in [-0.3, -0.25) is 0 Å². The van der Waals surface area contributed by atoms with E-state index < -0.39 is 0 Å². The highest BCUT2D eigenvalue weighted by molar-refractivity contribution is 7.13. The van der Waals surface area contributed by atoms with E-state index in [9.17, 15) is 0 Å². The molecule has 0 aliphatic rings. The largest absolute Gasteiger partial charge is 0.330 e. The van der Waals surface area contributed by atoms with Gasteiger partial charge in [0, 0.05) is 27.4 Å². The average Bonchev–Trinajstić information content (AvgIpc) is 2.79. The molecule has 3 heteroatoms. The second-order valence-corrected chi connectivity index (χ2v) is 6.09. The molecule has 0 spiro atoms. The van der Waals surface area contributed by atoms with E-state index in [2.05, 4.69) is 25.3 Å². The van der Waals surface area contributed by atoms with Crippen LogP contribution in [-0.4, -0.2) is 6.54 Å². The molecule has 0 atom stereocenters. The Balaban J connectivity index is 2.40. The molecule has 2 rings (SSSR count). The summed E-state index contributed by atoms with van der Waals surface area (Å²) in [5.41, 5.74) is 8.19. The van der Waals surface area contributed by atoms with Gasteiger partial charge in [0.15, 0.2) is 0 Å². The molecule has 17 heavy (non-hydrogen) atoms. The molecule has 0 unspecified atom stereocenters. The third-order valence-electron chi connectivity index (χ3n) is 3.03. The van der Waals surface area contributed by atoms with Crippen molar-refractivity contribution in [2.45, 2.75) is 19.3 Å². The van der Waals surface area contributed by atoms with Gasteiger partial charge in [0.1, 0.15) is 0 Å². The molecule has 0 saturated heterocycles. The fourth-order valence-electron chi connectivity index (χ4n) is 1.61. The SMILES string of the molecule is CC(C)(CN)c1csc(-c2ccccc2Cl)c1. The molecule has 90 valence electrons. The highest BCUT2D eigenvalue weighted by Gasteiger charge is 2.20. The van der Waals surface area contributed by atoms with Gasteiger partial charge in [0.2, 0.25) is 0 Å². The molecule has 1 heterocycles. The van der Waals surface area contributed by atoms with Crippen molar-refractivity contribution in [3.8, 4) is 10.4 Å². The molecule has 1 nitrogen and oxygen atoms in total. The molecule has 0 aliphatic heterocycles. The van der Waals surface area contributed by atoms with Crippen LogP contribution in [0.3, 0.4) is 0 Å². The molecule has 2 N–H and O–H groups in total. The summed E-state index contributed by atoms with van der Waals surface area (Å²) in [6.45, 7) is 4.96. The normalized spacial score (nSPS) is 11.8. The van der Waals surface area contributed by atoms with Crippen LogP contribution in [0.25, 0.3) is 10.4 Å². The molecule has 1 aromatic carbocycles. The predicted molar refractivity (Wildman–Crippen MR) is 76.8 cm³/mol. The minimum atomic E-state index is 0.0238. The second kappa shape index (κ2) is 4.81. The van der Waals surface area contributed by atoms with Crippen molar-refractivity contribution in [2.24, 2.45) is 5.73 Å². The van der Waals surface area contributed by atoms with E-state index in [0.717, 1.165) is 10.6 Å². The summed E-state index contributed by atoms with van der Waals surface area (Å²) < 4.78 is 0. The highest BCUT2D eigenvalue weighted by Crippen LogP contribution is 2.36. The van der Waals surface area contributed by atoms with Crippen LogP contribution in [0.5, 0.6) is 0 Å². The Kier molecular flexibility index (Phi) is 3.57. The topological polar surface area (TPSA) is 26.0 Å². The van der Waals surface area contributed by atoms with Crippen molar-refractivity contribution in [3.63, 3.8) is 0 Å². The minimum Gasteiger partial charge on any atom is -0.330 e. The second-order valence-electron chi connectivity index (χ2n) is 4.77. The van der Waals surface area contributed by atoms with E-state index in [4.69, 9.17) is 17.3 Å². The van der Waals surface area contributed by atoms with Gasteiger partial charge in [-0.25, -0.2) is 0 Å². The smallest absolute Gasteiger partial charge is 0.0492 e. The summed E-state index contributed by atoms with van der Waals surface area (Å²) in [4.78, 5) is 1.20. The Bertz CT molecular complexity index is 516. The van der Waals surface area contributed by atoms with Crippen LogP contribution in [0.1, 0.15) is 19.4 Å². The highest BCUT2D eigenvalue weighted by atomic mass is 35.5. The minimum absolute atomic E-state index is 0.0238. The Morgan fingerprint density at radius 3 is 2.65 bits per heavy atom. The number of rotatable bonds is 3. The summed E-state index contributed by atoms with van der Waals surface area (Å²) in [6, 6.07) is 10.1. The van der Waals surface area contributed by atoms with Gasteiger partial charge in [0.05, 0.1) is 0 Å². The van der Waals surface area contributed by atoms with Crippen molar-refractivity contribution >= 4 is 22.9 Å². The first-order chi connectivity index (χ1) is 8.04. The van der Waals surface area contributed by atoms with E-state index in [-0.39, 0.29) is 5.41 Å². The molecule has 0 bridgehead atoms. The summed E-state index contributed by atoms with van der Waals surface area (Å²) >= 11 is 7.92. The monoisotopic (exact) mass is 265 g/mol. The molecule has 0 radical (unpaired) electrons. The standard InChI is InChI=1S/C14H16ClNS/c1-14(2,9-16)10-7-13(17-8-10)11-5-3-4-6-12(11)15/h3-8H,9,16H2,1-2H3. The van der Waals surface area contributed by atoms with Crippen LogP contribution in [0.4, 0.5) is 0 Å². The van der Waals surface area contributed by atoms with Gasteiger partial charge in [-0.15, -0.1) is 11.3 Å². The van der Waals surface area contributed by atoms with E-state index in [1.54, 1.807) is 11.3 Å². The third-order valence-corrected chi connectivity index (χ3v) is 4.32. The lowest BCUT2D eigenvalue weighted by atomic mass is 9.86. The molecular formula is C14H16ClNS. The first-order valence-electron chi connectivity index (χ1n) is 5.58. The van der Waals surface area contributed by atoms with Crippen LogP contribution < -0.4 is 5.73 Å². The molecule has 0 aliphatic carbocycles. The molecule has 0 saturated carbocycles. The van der Waals surface area contributed by atoms with Gasteiger partial charge >= 0.3 is 0 Å². The van der Waals surface area contributed by atoms with E-state index >= 15 is 0 Å². The zero-order valence-electron chi connectivity index (χ0n) is 10.0. The molecule has 0 fully saturated rings. The van der Waals surface area contributed by atoms with Crippen molar-refractivity contribution < 1.29 is 0 Å². The Morgan fingerprint density at radius 1 is 1.29 bits per heavy atom. The first-order valence-corrected chi connectivity index (χ1v) is 6.84. The van der Waals surface area contributed by atoms with Crippen molar-refractivity contribution in [2.75, 3.05) is 6.54 Å². The maximum absolute atomic E-state index is 6.20. The number of hydrogen-bond acceptors (Lipinski definition) is 2. The quantitative estimate of drug-likeness (QED) is 0.880. The van der Waals surface area contributed by atoms with Crippen molar-refractivity contribution in [3.05, 3.63) is 46.3 Å². The number of halogens is 1. The summed E-state index contributed by atoms with van der Waals surface area (Å²) in [5, 5.41) is 2.97. The van der Waals surface area contributed by atoms with E-state index in [0.29, 0.717) is 6.54 Å². The van der Waals surface area contributed by atoms with Crippen molar-refractivity contribution in [1.82, 2.24) is 0 Å². The first kappa shape index (κ1) is 12.6. The van der Waals surface area contributed by atoms with Crippen LogP contribution in [0.2, 0.25) is 5.02 Å². The van der Waals surface area contributed by atoms with E-state index in [1.807, 2.05) is 24.3 Å². The lowest BCUT2D eigenvalue weighted by Gasteiger charge is -2.20. The Hall–Kier alpha value is -0.830. The number of benzene rings is 1. The van der Waals surface area contributed by atoms with Gasteiger partial charge in [-0.05, 0) is 23.1 Å². The van der Waals surface area contributed by atoms with Crippen LogP contribution in [0, 0.1) is 0 Å². The molecule has 1 aromatic heterocycles. The van der Waals surface area contributed by atoms with Gasteiger partial charge < -0.3 is 5.73 Å². The predicted octanol–water partition coefficient (Wildman–Crippen LogP) is 4.30. The lowest BCUT2D eigenvalue weighted by Crippen LogP contribution is -2.27. The Morgan fingerprint density at radius 2 is 2.00 bits per heavy atom. The third kappa shape index (κ3) is 2.54. The fraction of sp³-hybridized carbons (Fsp3) is 0.286.